The van der Waals surface area contributed by atoms with Gasteiger partial charge >= 0.3 is 5.97 Å². The molecule has 0 spiro atoms. The number of nitrogens with zero attached hydrogens (tertiary/aromatic N) is 2. The minimum atomic E-state index is -0.894. The molecule has 3 aliphatic rings. The lowest BCUT2D eigenvalue weighted by atomic mass is 9.88. The van der Waals surface area contributed by atoms with Crippen LogP contribution in [0.4, 0.5) is 11.4 Å². The van der Waals surface area contributed by atoms with E-state index in [-0.39, 0.29) is 18.4 Å². The lowest BCUT2D eigenvalue weighted by Crippen LogP contribution is -2.49. The van der Waals surface area contributed by atoms with Crippen LogP contribution in [-0.4, -0.2) is 43.6 Å². The number of ether oxygens (including phenoxy) is 2. The van der Waals surface area contributed by atoms with Gasteiger partial charge in [-0.05, 0) is 48.0 Å². The number of anilines is 2. The number of hydrogen-bond donors (Lipinski definition) is 0. The Hall–Kier alpha value is -4.13. The number of benzene rings is 3. The highest BCUT2D eigenvalue weighted by Gasteiger charge is 2.65. The van der Waals surface area contributed by atoms with E-state index in [9.17, 15) is 14.4 Å². The summed E-state index contributed by atoms with van der Waals surface area (Å²) in [5, 5.41) is 2.14. The van der Waals surface area contributed by atoms with Crippen molar-refractivity contribution in [3.05, 3.63) is 72.3 Å². The summed E-state index contributed by atoms with van der Waals surface area (Å²) in [6.45, 7) is 1.93. The van der Waals surface area contributed by atoms with E-state index >= 15 is 0 Å². The number of hydrogen-bond acceptors (Lipinski definition) is 6. The molecule has 2 saturated heterocycles. The molecule has 0 radical (unpaired) electrons. The molecule has 3 heterocycles. The van der Waals surface area contributed by atoms with Crippen LogP contribution in [0.3, 0.4) is 0 Å². The molecule has 4 atom stereocenters. The second-order valence-electron chi connectivity index (χ2n) is 8.93. The fourth-order valence-corrected chi connectivity index (χ4v) is 5.81. The number of esters is 1. The third-order valence-electron chi connectivity index (χ3n) is 7.27. The van der Waals surface area contributed by atoms with Gasteiger partial charge in [0.2, 0.25) is 11.8 Å². The van der Waals surface area contributed by atoms with Crippen molar-refractivity contribution in [2.45, 2.75) is 19.0 Å². The Morgan fingerprint density at radius 3 is 2.43 bits per heavy atom. The summed E-state index contributed by atoms with van der Waals surface area (Å²) in [6, 6.07) is 17.5. The van der Waals surface area contributed by atoms with Crippen molar-refractivity contribution in [3.8, 4) is 5.75 Å². The number of carbonyl (C=O) groups is 3. The van der Waals surface area contributed by atoms with Crippen molar-refractivity contribution in [2.75, 3.05) is 23.5 Å². The zero-order valence-corrected chi connectivity index (χ0v) is 19.4. The monoisotopic (exact) mass is 468 g/mol. The zero-order chi connectivity index (χ0) is 24.3. The van der Waals surface area contributed by atoms with Crippen LogP contribution in [0, 0.1) is 11.8 Å². The smallest absolute Gasteiger partial charge is 0.329 e. The molecule has 0 aliphatic carbocycles. The van der Waals surface area contributed by atoms with E-state index in [1.54, 1.807) is 38.3 Å². The molecule has 6 rings (SSSR count). The van der Waals surface area contributed by atoms with Gasteiger partial charge < -0.3 is 14.4 Å². The Kier molecular flexibility index (Phi) is 4.88. The second-order valence-corrected chi connectivity index (χ2v) is 8.93. The Morgan fingerprint density at radius 2 is 1.69 bits per heavy atom. The molecular weight excluding hydrogens is 444 g/mol. The molecule has 35 heavy (non-hydrogen) atoms. The van der Waals surface area contributed by atoms with Gasteiger partial charge in [0.15, 0.2) is 0 Å². The lowest BCUT2D eigenvalue weighted by molar-refractivity contribution is -0.147. The lowest BCUT2D eigenvalue weighted by Gasteiger charge is -2.36. The third-order valence-corrected chi connectivity index (χ3v) is 7.27. The summed E-state index contributed by atoms with van der Waals surface area (Å²) in [6.07, 6.45) is 3.96. The van der Waals surface area contributed by atoms with Crippen molar-refractivity contribution < 1.29 is 23.9 Å². The Labute approximate surface area is 202 Å². The second kappa shape index (κ2) is 7.98. The molecule has 0 bridgehead atoms. The molecule has 0 unspecified atom stereocenters. The normalized spacial score (nSPS) is 24.4. The van der Waals surface area contributed by atoms with Crippen molar-refractivity contribution in [1.29, 1.82) is 0 Å². The first-order valence-electron chi connectivity index (χ1n) is 11.7. The molecule has 2 amide bonds. The first-order chi connectivity index (χ1) is 17.0. The summed E-state index contributed by atoms with van der Waals surface area (Å²) in [5.41, 5.74) is 2.27. The summed E-state index contributed by atoms with van der Waals surface area (Å²) in [7, 11) is 1.56. The van der Waals surface area contributed by atoms with Crippen LogP contribution in [0.2, 0.25) is 0 Å². The van der Waals surface area contributed by atoms with E-state index in [2.05, 4.69) is 0 Å². The van der Waals surface area contributed by atoms with Crippen LogP contribution in [0.15, 0.2) is 66.7 Å². The largest absolute Gasteiger partial charge is 0.497 e. The molecule has 7 nitrogen and oxygen atoms in total. The van der Waals surface area contributed by atoms with Gasteiger partial charge in [-0.15, -0.1) is 0 Å². The van der Waals surface area contributed by atoms with E-state index in [0.717, 1.165) is 22.0 Å². The number of amides is 2. The molecule has 2 fully saturated rings. The number of carbonyl (C=O) groups excluding carboxylic acids is 3. The average Bonchev–Trinajstić information content (AvgIpc) is 3.36. The van der Waals surface area contributed by atoms with Crippen LogP contribution in [-0.2, 0) is 19.1 Å². The van der Waals surface area contributed by atoms with Crippen LogP contribution in [0.1, 0.15) is 12.5 Å². The standard InChI is InChI=1S/C28H24N2O5/c1-3-35-28(33)25-24-23(26(31)29(27(24)32)17-9-11-18(34-2)12-10-17)22-15-13-20-19-7-5-4-6-16(19)8-14-21(20)30(22)25/h4-15,22-25H,3H2,1-2H3/t22-,23-,24-,25+/m1/s1. The van der Waals surface area contributed by atoms with E-state index in [1.807, 2.05) is 53.5 Å². The van der Waals surface area contributed by atoms with Crippen molar-refractivity contribution in [2.24, 2.45) is 11.8 Å². The van der Waals surface area contributed by atoms with E-state index in [1.165, 1.54) is 4.90 Å². The first-order valence-corrected chi connectivity index (χ1v) is 11.7. The summed E-state index contributed by atoms with van der Waals surface area (Å²) >= 11 is 0. The Balaban J connectivity index is 1.47. The highest BCUT2D eigenvalue weighted by molar-refractivity contribution is 6.24. The third kappa shape index (κ3) is 3.00. The minimum Gasteiger partial charge on any atom is -0.497 e. The SMILES string of the molecule is CCOC(=O)[C@@H]1[C@@H]2C(=O)N(c3ccc(OC)cc3)C(=O)[C@@H]2[C@H]2C=Cc3c(ccc4ccccc34)N21. The molecule has 0 N–H and O–H groups in total. The quantitative estimate of drug-likeness (QED) is 0.428. The van der Waals surface area contributed by atoms with E-state index in [4.69, 9.17) is 9.47 Å². The van der Waals surface area contributed by atoms with Gasteiger partial charge in [0, 0.05) is 11.3 Å². The van der Waals surface area contributed by atoms with Gasteiger partial charge in [-0.3, -0.25) is 9.59 Å². The highest BCUT2D eigenvalue weighted by Crippen LogP contribution is 2.50. The molecule has 3 aromatic rings. The van der Waals surface area contributed by atoms with Crippen LogP contribution < -0.4 is 14.5 Å². The van der Waals surface area contributed by atoms with Gasteiger partial charge in [0.25, 0.3) is 0 Å². The topological polar surface area (TPSA) is 76.1 Å². The molecular formula is C28H24N2O5. The molecule has 3 aromatic carbocycles. The summed E-state index contributed by atoms with van der Waals surface area (Å²) in [4.78, 5) is 43.9. The molecule has 0 saturated carbocycles. The van der Waals surface area contributed by atoms with Gasteiger partial charge in [-0.25, -0.2) is 9.69 Å². The number of rotatable bonds is 4. The Morgan fingerprint density at radius 1 is 0.943 bits per heavy atom. The van der Waals surface area contributed by atoms with Crippen molar-refractivity contribution in [1.82, 2.24) is 0 Å². The van der Waals surface area contributed by atoms with Gasteiger partial charge in [-0.1, -0.05) is 42.5 Å². The van der Waals surface area contributed by atoms with Crippen LogP contribution in [0.5, 0.6) is 5.75 Å². The summed E-state index contributed by atoms with van der Waals surface area (Å²) < 4.78 is 10.6. The maximum atomic E-state index is 13.8. The van der Waals surface area contributed by atoms with Gasteiger partial charge in [0.1, 0.15) is 11.8 Å². The predicted molar refractivity (Wildman–Crippen MR) is 132 cm³/mol. The summed E-state index contributed by atoms with van der Waals surface area (Å²) in [5.74, 6) is -2.07. The number of fused-ring (bicyclic) bond motifs is 7. The first kappa shape index (κ1) is 21.4. The highest BCUT2D eigenvalue weighted by atomic mass is 16.5. The fraction of sp³-hybridized carbons (Fsp3) is 0.250. The van der Waals surface area contributed by atoms with Crippen molar-refractivity contribution in [3.63, 3.8) is 0 Å². The van der Waals surface area contributed by atoms with Crippen molar-refractivity contribution >= 4 is 46.0 Å². The predicted octanol–water partition coefficient (Wildman–Crippen LogP) is 3.80. The Bertz CT molecular complexity index is 1400. The molecule has 7 heteroatoms. The van der Waals surface area contributed by atoms with Crippen LogP contribution in [0.25, 0.3) is 16.8 Å². The van der Waals surface area contributed by atoms with E-state index < -0.39 is 29.9 Å². The molecule has 176 valence electrons. The molecule has 3 aliphatic heterocycles. The molecule has 0 aromatic heterocycles. The van der Waals surface area contributed by atoms with Crippen LogP contribution >= 0.6 is 0 Å². The fourth-order valence-electron chi connectivity index (χ4n) is 5.81. The van der Waals surface area contributed by atoms with Gasteiger partial charge in [-0.2, -0.15) is 0 Å². The number of methoxy groups -OCH3 is 1. The maximum absolute atomic E-state index is 13.8. The zero-order valence-electron chi connectivity index (χ0n) is 19.4. The van der Waals surface area contributed by atoms with Gasteiger partial charge in [0.05, 0.1) is 37.3 Å². The number of imide groups is 1. The minimum absolute atomic E-state index is 0.190. The van der Waals surface area contributed by atoms with E-state index in [0.29, 0.717) is 11.4 Å². The average molecular weight is 469 g/mol. The maximum Gasteiger partial charge on any atom is 0.329 e.